The molecule has 7 nitrogen and oxygen atoms in total. The predicted octanol–water partition coefficient (Wildman–Crippen LogP) is 5.70. The van der Waals surface area contributed by atoms with Gasteiger partial charge in [0, 0.05) is 17.6 Å². The fourth-order valence-electron chi connectivity index (χ4n) is 4.27. The van der Waals surface area contributed by atoms with E-state index in [2.05, 4.69) is 21.2 Å². The molecule has 0 radical (unpaired) electrons. The van der Waals surface area contributed by atoms with E-state index < -0.39 is 28.5 Å². The number of amides is 2. The van der Waals surface area contributed by atoms with Crippen LogP contribution in [0.5, 0.6) is 0 Å². The summed E-state index contributed by atoms with van der Waals surface area (Å²) >= 11 is 3.47. The first-order valence-corrected chi connectivity index (χ1v) is 15.7. The second kappa shape index (κ2) is 13.9. The zero-order valence-electron chi connectivity index (χ0n) is 23.7. The Bertz CT molecular complexity index is 1420. The molecule has 1 unspecified atom stereocenters. The van der Waals surface area contributed by atoms with Crippen LogP contribution in [0, 0.1) is 12.8 Å². The summed E-state index contributed by atoms with van der Waals surface area (Å²) in [7, 11) is -4.10. The third-order valence-electron chi connectivity index (χ3n) is 6.62. The van der Waals surface area contributed by atoms with E-state index in [4.69, 9.17) is 0 Å². The van der Waals surface area contributed by atoms with E-state index in [1.165, 1.54) is 9.21 Å². The van der Waals surface area contributed by atoms with E-state index in [1.807, 2.05) is 64.1 Å². The van der Waals surface area contributed by atoms with Crippen molar-refractivity contribution in [3.63, 3.8) is 0 Å². The highest BCUT2D eigenvalue weighted by molar-refractivity contribution is 9.10. The summed E-state index contributed by atoms with van der Waals surface area (Å²) in [4.78, 5) is 28.7. The van der Waals surface area contributed by atoms with Crippen molar-refractivity contribution in [2.75, 3.05) is 17.4 Å². The number of carbonyl (C=O) groups excluding carboxylic acids is 2. The second-order valence-corrected chi connectivity index (χ2v) is 13.1. The number of hydrogen-bond acceptors (Lipinski definition) is 4. The molecule has 214 valence electrons. The Kier molecular flexibility index (Phi) is 10.9. The smallest absolute Gasteiger partial charge is 0.264 e. The van der Waals surface area contributed by atoms with Crippen LogP contribution in [0.25, 0.3) is 0 Å². The van der Waals surface area contributed by atoms with Gasteiger partial charge in [0.05, 0.1) is 10.6 Å². The Morgan fingerprint density at radius 2 is 1.62 bits per heavy atom. The molecule has 0 bridgehead atoms. The lowest BCUT2D eigenvalue weighted by molar-refractivity contribution is -0.139. The van der Waals surface area contributed by atoms with E-state index in [0.29, 0.717) is 18.7 Å². The van der Waals surface area contributed by atoms with Crippen LogP contribution in [0.2, 0.25) is 0 Å². The van der Waals surface area contributed by atoms with Crippen molar-refractivity contribution in [3.05, 3.63) is 94.0 Å². The van der Waals surface area contributed by atoms with Gasteiger partial charge in [0.15, 0.2) is 0 Å². The van der Waals surface area contributed by atoms with Gasteiger partial charge in [0.2, 0.25) is 11.8 Å². The van der Waals surface area contributed by atoms with E-state index in [-0.39, 0.29) is 23.3 Å². The topological polar surface area (TPSA) is 86.8 Å². The predicted molar refractivity (Wildman–Crippen MR) is 164 cm³/mol. The molecule has 3 aromatic carbocycles. The van der Waals surface area contributed by atoms with Crippen molar-refractivity contribution in [3.8, 4) is 0 Å². The van der Waals surface area contributed by atoms with E-state index >= 15 is 0 Å². The van der Waals surface area contributed by atoms with Gasteiger partial charge in [0.25, 0.3) is 10.0 Å². The molecule has 0 fully saturated rings. The van der Waals surface area contributed by atoms with Gasteiger partial charge in [-0.2, -0.15) is 0 Å². The fourth-order valence-corrected chi connectivity index (χ4v) is 6.17. The number of aryl methyl sites for hydroxylation is 2. The first-order chi connectivity index (χ1) is 18.9. The quantitative estimate of drug-likeness (QED) is 0.279. The average Bonchev–Trinajstić information content (AvgIpc) is 2.93. The lowest BCUT2D eigenvalue weighted by Gasteiger charge is -2.32. The maximum absolute atomic E-state index is 14.1. The minimum absolute atomic E-state index is 0.0954. The number of nitrogens with one attached hydrogen (secondary N) is 1. The molecule has 1 N–H and O–H groups in total. The van der Waals surface area contributed by atoms with Crippen LogP contribution in [-0.2, 0) is 32.6 Å². The number of anilines is 1. The molecule has 40 heavy (non-hydrogen) atoms. The van der Waals surface area contributed by atoms with E-state index in [0.717, 1.165) is 21.2 Å². The molecule has 0 aliphatic carbocycles. The molecule has 0 saturated carbocycles. The summed E-state index contributed by atoms with van der Waals surface area (Å²) in [5, 5.41) is 2.91. The first-order valence-electron chi connectivity index (χ1n) is 13.4. The summed E-state index contributed by atoms with van der Waals surface area (Å²) in [5.41, 5.74) is 2.98. The molecule has 2 amide bonds. The van der Waals surface area contributed by atoms with Crippen LogP contribution in [0.4, 0.5) is 5.69 Å². The number of sulfonamides is 1. The van der Waals surface area contributed by atoms with Gasteiger partial charge in [-0.05, 0) is 67.6 Å². The lowest BCUT2D eigenvalue weighted by Crippen LogP contribution is -2.51. The molecular weight excluding hydrogens is 590 g/mol. The largest absolute Gasteiger partial charge is 0.354 e. The Morgan fingerprint density at radius 3 is 2.25 bits per heavy atom. The number of nitrogens with zero attached hydrogens (tertiary/aromatic N) is 2. The van der Waals surface area contributed by atoms with Crippen molar-refractivity contribution >= 4 is 43.5 Å². The summed E-state index contributed by atoms with van der Waals surface area (Å²) in [5.74, 6) is -0.529. The van der Waals surface area contributed by atoms with Crippen molar-refractivity contribution in [2.24, 2.45) is 5.92 Å². The Labute approximate surface area is 246 Å². The van der Waals surface area contributed by atoms with Gasteiger partial charge < -0.3 is 10.2 Å². The highest BCUT2D eigenvalue weighted by Gasteiger charge is 2.33. The first kappa shape index (κ1) is 31.4. The Balaban J connectivity index is 2.05. The average molecular weight is 629 g/mol. The molecule has 0 saturated heterocycles. The van der Waals surface area contributed by atoms with Gasteiger partial charge in [-0.15, -0.1) is 0 Å². The maximum atomic E-state index is 14.1. The molecule has 1 atom stereocenters. The number of rotatable bonds is 12. The van der Waals surface area contributed by atoms with Gasteiger partial charge in [-0.3, -0.25) is 13.9 Å². The zero-order valence-corrected chi connectivity index (χ0v) is 26.1. The number of para-hydroxylation sites is 1. The number of carbonyl (C=O) groups is 2. The summed E-state index contributed by atoms with van der Waals surface area (Å²) in [6, 6.07) is 20.4. The molecule has 0 aliphatic heterocycles. The lowest BCUT2D eigenvalue weighted by atomic mass is 10.1. The van der Waals surface area contributed by atoms with Crippen LogP contribution < -0.4 is 9.62 Å². The van der Waals surface area contributed by atoms with Crippen LogP contribution in [0.1, 0.15) is 44.4 Å². The van der Waals surface area contributed by atoms with Crippen LogP contribution in [0.3, 0.4) is 0 Å². The summed E-state index contributed by atoms with van der Waals surface area (Å²) in [6.07, 6.45) is 0.583. The number of halogens is 1. The van der Waals surface area contributed by atoms with E-state index in [1.54, 1.807) is 43.3 Å². The van der Waals surface area contributed by atoms with Crippen LogP contribution in [0.15, 0.2) is 82.2 Å². The third-order valence-corrected chi connectivity index (χ3v) is 8.89. The van der Waals surface area contributed by atoms with Gasteiger partial charge in [-0.25, -0.2) is 8.42 Å². The fraction of sp³-hybridized carbons (Fsp3) is 0.355. The molecular formula is C31H38BrN3O4S. The van der Waals surface area contributed by atoms with Crippen molar-refractivity contribution in [2.45, 2.75) is 58.5 Å². The highest BCUT2D eigenvalue weighted by atomic mass is 79.9. The Morgan fingerprint density at radius 1 is 0.950 bits per heavy atom. The molecule has 0 heterocycles. The minimum Gasteiger partial charge on any atom is -0.354 e. The minimum atomic E-state index is -4.10. The maximum Gasteiger partial charge on any atom is 0.264 e. The van der Waals surface area contributed by atoms with Crippen molar-refractivity contribution < 1.29 is 18.0 Å². The SMILES string of the molecule is CCc1ccccc1N(CC(=O)N(Cc1cccc(Br)c1)C(C)C(=O)NCC(C)C)S(=O)(=O)c1ccc(C)cc1. The number of hydrogen-bond donors (Lipinski definition) is 1. The molecule has 3 rings (SSSR count). The van der Waals surface area contributed by atoms with Crippen molar-refractivity contribution in [1.29, 1.82) is 0 Å². The molecule has 0 aliphatic rings. The van der Waals surface area contributed by atoms with Gasteiger partial charge in [0.1, 0.15) is 12.6 Å². The second-order valence-electron chi connectivity index (χ2n) is 10.3. The summed E-state index contributed by atoms with van der Waals surface area (Å²) < 4.78 is 30.1. The molecule has 3 aromatic rings. The van der Waals surface area contributed by atoms with Gasteiger partial charge in [-0.1, -0.05) is 84.7 Å². The van der Waals surface area contributed by atoms with Gasteiger partial charge >= 0.3 is 0 Å². The van der Waals surface area contributed by atoms with Crippen LogP contribution >= 0.6 is 15.9 Å². The third kappa shape index (κ3) is 7.95. The number of benzene rings is 3. The molecule has 0 spiro atoms. The normalized spacial score (nSPS) is 12.2. The van der Waals surface area contributed by atoms with Crippen LogP contribution in [-0.4, -0.2) is 44.3 Å². The highest BCUT2D eigenvalue weighted by Crippen LogP contribution is 2.28. The standard InChI is InChI=1S/C31H38BrN3O4S/c1-6-26-11-7-8-13-29(26)35(40(38,39)28-16-14-23(4)15-17-28)21-30(36)34(20-25-10-9-12-27(32)18-25)24(5)31(37)33-19-22(2)3/h7-18,22,24H,6,19-21H2,1-5H3,(H,33,37). The Hall–Kier alpha value is -3.17. The summed E-state index contributed by atoms with van der Waals surface area (Å²) in [6.45, 7) is 9.64. The monoisotopic (exact) mass is 627 g/mol. The zero-order chi connectivity index (χ0) is 29.4. The van der Waals surface area contributed by atoms with E-state index in [9.17, 15) is 18.0 Å². The van der Waals surface area contributed by atoms with Crippen molar-refractivity contribution in [1.82, 2.24) is 10.2 Å². The molecule has 0 aromatic heterocycles. The molecule has 9 heteroatoms.